The summed E-state index contributed by atoms with van der Waals surface area (Å²) >= 11 is 0. The van der Waals surface area contributed by atoms with Crippen LogP contribution in [0.15, 0.2) is 24.5 Å². The van der Waals surface area contributed by atoms with E-state index in [1.165, 1.54) is 0 Å². The van der Waals surface area contributed by atoms with E-state index in [0.717, 1.165) is 23.1 Å². The van der Waals surface area contributed by atoms with Crippen LogP contribution in [-0.4, -0.2) is 38.5 Å². The molecule has 0 fully saturated rings. The molecule has 0 aliphatic carbocycles. The van der Waals surface area contributed by atoms with Gasteiger partial charge >= 0.3 is 0 Å². The monoisotopic (exact) mass is 263 g/mol. The Morgan fingerprint density at radius 2 is 2.21 bits per heavy atom. The van der Waals surface area contributed by atoms with Gasteiger partial charge in [0.2, 0.25) is 0 Å². The maximum absolute atomic E-state index is 9.58. The first-order valence-corrected chi connectivity index (χ1v) is 6.57. The fraction of sp³-hybridized carbons (Fsp3) is 0.500. The molecule has 0 aromatic carbocycles. The Morgan fingerprint density at radius 1 is 1.42 bits per heavy atom. The molecule has 5 heteroatoms. The molecule has 1 atom stereocenters. The van der Waals surface area contributed by atoms with E-state index >= 15 is 0 Å². The summed E-state index contributed by atoms with van der Waals surface area (Å²) in [5.74, 6) is 0. The number of rotatable bonds is 6. The van der Waals surface area contributed by atoms with E-state index < -0.39 is 6.10 Å². The van der Waals surface area contributed by atoms with Gasteiger partial charge in [0.15, 0.2) is 0 Å². The molecule has 5 nitrogen and oxygen atoms in total. The lowest BCUT2D eigenvalue weighted by Gasteiger charge is -2.08. The first kappa shape index (κ1) is 14.0. The molecule has 2 aromatic heterocycles. The normalized spacial score (nSPS) is 13.3. The standard InChI is InChI=1S/C14H21N3O2/c1-10(2)16-6-11-7-17(8-12(19)9-18)14-13(11)4-3-5-15-14/h3-5,7,10,12,16,18-19H,6,8-9H2,1-2H3. The third kappa shape index (κ3) is 3.32. The lowest BCUT2D eigenvalue weighted by atomic mass is 10.2. The number of hydrogen-bond acceptors (Lipinski definition) is 4. The quantitative estimate of drug-likeness (QED) is 0.724. The van der Waals surface area contributed by atoms with Crippen LogP contribution in [0.1, 0.15) is 19.4 Å². The number of nitrogens with zero attached hydrogens (tertiary/aromatic N) is 2. The average molecular weight is 263 g/mol. The van der Waals surface area contributed by atoms with Crippen LogP contribution in [-0.2, 0) is 13.1 Å². The largest absolute Gasteiger partial charge is 0.394 e. The van der Waals surface area contributed by atoms with Gasteiger partial charge in [-0.25, -0.2) is 4.98 Å². The highest BCUT2D eigenvalue weighted by molar-refractivity contribution is 5.80. The average Bonchev–Trinajstić information content (AvgIpc) is 2.75. The molecule has 0 radical (unpaired) electrons. The summed E-state index contributed by atoms with van der Waals surface area (Å²) < 4.78 is 1.90. The van der Waals surface area contributed by atoms with E-state index in [1.807, 2.05) is 22.9 Å². The Bertz CT molecular complexity index is 536. The van der Waals surface area contributed by atoms with E-state index in [-0.39, 0.29) is 6.61 Å². The maximum atomic E-state index is 9.58. The minimum atomic E-state index is -0.761. The predicted octanol–water partition coefficient (Wildman–Crippen LogP) is 0.887. The second kappa shape index (κ2) is 6.14. The first-order valence-electron chi connectivity index (χ1n) is 6.57. The van der Waals surface area contributed by atoms with Crippen LogP contribution < -0.4 is 5.32 Å². The SMILES string of the molecule is CC(C)NCc1cn(CC(O)CO)c2ncccc12. The lowest BCUT2D eigenvalue weighted by Crippen LogP contribution is -2.22. The zero-order valence-corrected chi connectivity index (χ0v) is 11.4. The minimum Gasteiger partial charge on any atom is -0.394 e. The van der Waals surface area contributed by atoms with E-state index in [0.29, 0.717) is 12.6 Å². The number of fused-ring (bicyclic) bond motifs is 1. The highest BCUT2D eigenvalue weighted by atomic mass is 16.3. The number of aliphatic hydroxyl groups is 2. The molecule has 1 unspecified atom stereocenters. The molecule has 104 valence electrons. The molecular weight excluding hydrogens is 242 g/mol. The van der Waals surface area contributed by atoms with Gasteiger partial charge < -0.3 is 20.1 Å². The molecule has 3 N–H and O–H groups in total. The smallest absolute Gasteiger partial charge is 0.140 e. The molecule has 2 heterocycles. The van der Waals surface area contributed by atoms with Gasteiger partial charge in [-0.15, -0.1) is 0 Å². The van der Waals surface area contributed by atoms with Gasteiger partial charge in [0.25, 0.3) is 0 Å². The first-order chi connectivity index (χ1) is 9.11. The van der Waals surface area contributed by atoms with E-state index in [9.17, 15) is 5.11 Å². The number of aromatic nitrogens is 2. The third-order valence-electron chi connectivity index (χ3n) is 3.04. The second-order valence-electron chi connectivity index (χ2n) is 5.05. The topological polar surface area (TPSA) is 70.3 Å². The summed E-state index contributed by atoms with van der Waals surface area (Å²) in [6.07, 6.45) is 2.97. The number of pyridine rings is 1. The van der Waals surface area contributed by atoms with Crippen molar-refractivity contribution in [1.29, 1.82) is 0 Å². The fourth-order valence-corrected chi connectivity index (χ4v) is 2.07. The van der Waals surface area contributed by atoms with Crippen LogP contribution in [0.3, 0.4) is 0 Å². The van der Waals surface area contributed by atoms with Gasteiger partial charge in [0, 0.05) is 30.4 Å². The Labute approximate surface area is 112 Å². The molecule has 0 aliphatic heterocycles. The highest BCUT2D eigenvalue weighted by Crippen LogP contribution is 2.19. The molecule has 0 amide bonds. The van der Waals surface area contributed by atoms with E-state index in [1.54, 1.807) is 6.20 Å². The van der Waals surface area contributed by atoms with Crippen LogP contribution in [0, 0.1) is 0 Å². The van der Waals surface area contributed by atoms with Gasteiger partial charge in [0.1, 0.15) is 5.65 Å². The number of aliphatic hydroxyl groups excluding tert-OH is 2. The summed E-state index contributed by atoms with van der Waals surface area (Å²) in [5.41, 5.74) is 2.00. The summed E-state index contributed by atoms with van der Waals surface area (Å²) in [6, 6.07) is 4.35. The van der Waals surface area contributed by atoms with Crippen LogP contribution in [0.5, 0.6) is 0 Å². The van der Waals surface area contributed by atoms with Crippen molar-refractivity contribution >= 4 is 11.0 Å². The van der Waals surface area contributed by atoms with Crippen molar-refractivity contribution in [2.75, 3.05) is 6.61 Å². The summed E-state index contributed by atoms with van der Waals surface area (Å²) in [6.45, 7) is 5.08. The maximum Gasteiger partial charge on any atom is 0.140 e. The van der Waals surface area contributed by atoms with Crippen LogP contribution in [0.25, 0.3) is 11.0 Å². The van der Waals surface area contributed by atoms with Gasteiger partial charge in [0.05, 0.1) is 19.3 Å². The van der Waals surface area contributed by atoms with Gasteiger partial charge in [-0.1, -0.05) is 13.8 Å². The van der Waals surface area contributed by atoms with Crippen molar-refractivity contribution in [3.8, 4) is 0 Å². The lowest BCUT2D eigenvalue weighted by molar-refractivity contribution is 0.0821. The predicted molar refractivity (Wildman–Crippen MR) is 74.8 cm³/mol. The van der Waals surface area contributed by atoms with Crippen LogP contribution in [0.2, 0.25) is 0 Å². The molecular formula is C14H21N3O2. The van der Waals surface area contributed by atoms with E-state index in [2.05, 4.69) is 24.1 Å². The molecule has 0 bridgehead atoms. The molecule has 0 aliphatic rings. The number of hydrogen-bond donors (Lipinski definition) is 3. The van der Waals surface area contributed by atoms with Gasteiger partial charge in [-0.2, -0.15) is 0 Å². The second-order valence-corrected chi connectivity index (χ2v) is 5.05. The van der Waals surface area contributed by atoms with E-state index in [4.69, 9.17) is 5.11 Å². The minimum absolute atomic E-state index is 0.244. The van der Waals surface area contributed by atoms with Crippen molar-refractivity contribution in [2.45, 2.75) is 39.1 Å². The fourth-order valence-electron chi connectivity index (χ4n) is 2.07. The van der Waals surface area contributed by atoms with Crippen molar-refractivity contribution in [3.05, 3.63) is 30.1 Å². The molecule has 2 aromatic rings. The Morgan fingerprint density at radius 3 is 2.89 bits per heavy atom. The zero-order valence-electron chi connectivity index (χ0n) is 11.4. The van der Waals surface area contributed by atoms with Crippen LogP contribution in [0.4, 0.5) is 0 Å². The Hall–Kier alpha value is -1.43. The van der Waals surface area contributed by atoms with Gasteiger partial charge in [-0.3, -0.25) is 0 Å². The molecule has 2 rings (SSSR count). The van der Waals surface area contributed by atoms with Crippen molar-refractivity contribution in [2.24, 2.45) is 0 Å². The summed E-state index contributed by atoms with van der Waals surface area (Å²) in [4.78, 5) is 4.36. The van der Waals surface area contributed by atoms with Crippen molar-refractivity contribution in [3.63, 3.8) is 0 Å². The zero-order chi connectivity index (χ0) is 13.8. The molecule has 0 saturated heterocycles. The highest BCUT2D eigenvalue weighted by Gasteiger charge is 2.12. The van der Waals surface area contributed by atoms with Crippen molar-refractivity contribution < 1.29 is 10.2 Å². The number of nitrogens with one attached hydrogen (secondary N) is 1. The Kier molecular flexibility index (Phi) is 4.52. The summed E-state index contributed by atoms with van der Waals surface area (Å²) in [7, 11) is 0. The molecule has 19 heavy (non-hydrogen) atoms. The van der Waals surface area contributed by atoms with Crippen LogP contribution >= 0.6 is 0 Å². The molecule has 0 saturated carbocycles. The van der Waals surface area contributed by atoms with Crippen molar-refractivity contribution in [1.82, 2.24) is 14.9 Å². The Balaban J connectivity index is 2.31. The summed E-state index contributed by atoms with van der Waals surface area (Å²) in [5, 5.41) is 23.0. The van der Waals surface area contributed by atoms with Gasteiger partial charge in [-0.05, 0) is 17.7 Å². The third-order valence-corrected chi connectivity index (χ3v) is 3.04. The molecule has 0 spiro atoms.